The van der Waals surface area contributed by atoms with Crippen molar-refractivity contribution in [3.63, 3.8) is 0 Å². The second-order valence-corrected chi connectivity index (χ2v) is 5.42. The molecule has 2 heterocycles. The summed E-state index contributed by atoms with van der Waals surface area (Å²) < 4.78 is 14.2. The van der Waals surface area contributed by atoms with Gasteiger partial charge in [-0.3, -0.25) is 0 Å². The molecule has 0 aliphatic heterocycles. The summed E-state index contributed by atoms with van der Waals surface area (Å²) in [6, 6.07) is 6.86. The van der Waals surface area contributed by atoms with E-state index in [0.717, 1.165) is 26.2 Å². The van der Waals surface area contributed by atoms with Gasteiger partial charge in [0, 0.05) is 4.88 Å². The van der Waals surface area contributed by atoms with Crippen LogP contribution in [0.15, 0.2) is 30.6 Å². The van der Waals surface area contributed by atoms with Gasteiger partial charge in [-0.25, -0.2) is 14.4 Å². The van der Waals surface area contributed by atoms with Gasteiger partial charge in [0.25, 0.3) is 0 Å². The van der Waals surface area contributed by atoms with Crippen molar-refractivity contribution in [2.75, 3.05) is 0 Å². The molecule has 0 saturated carbocycles. The summed E-state index contributed by atoms with van der Waals surface area (Å²) >= 11 is 7.48. The lowest BCUT2D eigenvalue weighted by Gasteiger charge is -1.99. The highest BCUT2D eigenvalue weighted by Crippen LogP contribution is 2.35. The minimum Gasteiger partial charge on any atom is -0.235 e. The monoisotopic (exact) mass is 278 g/mol. The largest absolute Gasteiger partial charge is 0.235 e. The number of benzene rings is 1. The molecular weight excluding hydrogens is 271 g/mol. The molecule has 1 aromatic carbocycles. The molecule has 0 atom stereocenters. The first-order valence-corrected chi connectivity index (χ1v) is 6.50. The van der Waals surface area contributed by atoms with E-state index in [1.807, 2.05) is 19.1 Å². The molecule has 5 heteroatoms. The summed E-state index contributed by atoms with van der Waals surface area (Å²) in [4.78, 5) is 9.03. The molecule has 18 heavy (non-hydrogen) atoms. The van der Waals surface area contributed by atoms with Crippen molar-refractivity contribution in [2.24, 2.45) is 0 Å². The number of thiophene rings is 1. The van der Waals surface area contributed by atoms with E-state index >= 15 is 0 Å². The quantitative estimate of drug-likeness (QED) is 0.614. The fourth-order valence-corrected chi connectivity index (χ4v) is 3.08. The number of fused-ring (bicyclic) bond motifs is 1. The van der Waals surface area contributed by atoms with E-state index in [0.29, 0.717) is 5.15 Å². The van der Waals surface area contributed by atoms with Crippen molar-refractivity contribution in [1.82, 2.24) is 9.97 Å². The van der Waals surface area contributed by atoms with Gasteiger partial charge in [-0.1, -0.05) is 17.7 Å². The number of hydrogen-bond acceptors (Lipinski definition) is 3. The Kier molecular flexibility index (Phi) is 2.76. The van der Waals surface area contributed by atoms with Crippen LogP contribution in [0.25, 0.3) is 20.7 Å². The van der Waals surface area contributed by atoms with Crippen molar-refractivity contribution >= 4 is 33.2 Å². The van der Waals surface area contributed by atoms with Crippen LogP contribution >= 0.6 is 22.9 Å². The lowest BCUT2D eigenvalue weighted by molar-refractivity contribution is 0.627. The third kappa shape index (κ3) is 1.98. The maximum absolute atomic E-state index is 13.4. The Labute approximate surface area is 112 Å². The van der Waals surface area contributed by atoms with E-state index in [-0.39, 0.29) is 5.82 Å². The van der Waals surface area contributed by atoms with Gasteiger partial charge in [0.05, 0.1) is 10.2 Å². The van der Waals surface area contributed by atoms with E-state index in [2.05, 4.69) is 9.97 Å². The molecule has 2 aromatic heterocycles. The van der Waals surface area contributed by atoms with Crippen molar-refractivity contribution < 1.29 is 4.39 Å². The first-order chi connectivity index (χ1) is 8.63. The molecule has 0 aliphatic carbocycles. The van der Waals surface area contributed by atoms with Gasteiger partial charge >= 0.3 is 0 Å². The summed E-state index contributed by atoms with van der Waals surface area (Å²) in [6.45, 7) is 1.87. The fourth-order valence-electron chi connectivity index (χ4n) is 1.85. The second kappa shape index (κ2) is 4.30. The van der Waals surface area contributed by atoms with E-state index in [1.54, 1.807) is 0 Å². The van der Waals surface area contributed by atoms with Crippen LogP contribution < -0.4 is 0 Å². The predicted molar refractivity (Wildman–Crippen MR) is 72.6 cm³/mol. The molecule has 0 aliphatic rings. The van der Waals surface area contributed by atoms with Gasteiger partial charge in [0.2, 0.25) is 0 Å². The Morgan fingerprint density at radius 3 is 2.72 bits per heavy atom. The summed E-state index contributed by atoms with van der Waals surface area (Å²) in [5.74, 6) is -0.236. The lowest BCUT2D eigenvalue weighted by atomic mass is 10.1. The van der Waals surface area contributed by atoms with Crippen LogP contribution in [0.3, 0.4) is 0 Å². The Balaban J connectivity index is 2.22. The summed E-state index contributed by atoms with van der Waals surface area (Å²) in [5.41, 5.74) is 2.52. The number of rotatable bonds is 1. The predicted octanol–water partition coefficient (Wildman–Crippen LogP) is 4.46. The Bertz CT molecular complexity index is 719. The fraction of sp³-hybridized carbons (Fsp3) is 0.0769. The Hall–Kier alpha value is -1.52. The summed E-state index contributed by atoms with van der Waals surface area (Å²) in [6.07, 6.45) is 1.43. The van der Waals surface area contributed by atoms with Crippen molar-refractivity contribution in [1.29, 1.82) is 0 Å². The average Bonchev–Trinajstić information content (AvgIpc) is 2.73. The number of aryl methyl sites for hydroxylation is 1. The van der Waals surface area contributed by atoms with Crippen LogP contribution in [-0.2, 0) is 0 Å². The van der Waals surface area contributed by atoms with Crippen LogP contribution in [0.1, 0.15) is 5.56 Å². The minimum absolute atomic E-state index is 0.236. The van der Waals surface area contributed by atoms with Crippen LogP contribution in [0, 0.1) is 12.7 Å². The Morgan fingerprint density at radius 2 is 2.00 bits per heavy atom. The van der Waals surface area contributed by atoms with Crippen LogP contribution in [0.5, 0.6) is 0 Å². The van der Waals surface area contributed by atoms with Gasteiger partial charge in [-0.15, -0.1) is 11.3 Å². The highest BCUT2D eigenvalue weighted by Gasteiger charge is 2.09. The van der Waals surface area contributed by atoms with Crippen molar-refractivity contribution in [3.8, 4) is 10.4 Å². The molecule has 0 spiro atoms. The van der Waals surface area contributed by atoms with Crippen molar-refractivity contribution in [2.45, 2.75) is 6.92 Å². The van der Waals surface area contributed by atoms with Crippen LogP contribution in [-0.4, -0.2) is 9.97 Å². The number of halogens is 2. The number of nitrogens with zero attached hydrogens (tertiary/aromatic N) is 2. The molecule has 0 N–H and O–H groups in total. The Morgan fingerprint density at radius 1 is 1.17 bits per heavy atom. The molecule has 90 valence electrons. The van der Waals surface area contributed by atoms with Crippen molar-refractivity contribution in [3.05, 3.63) is 47.1 Å². The maximum atomic E-state index is 13.4. The zero-order valence-corrected chi connectivity index (χ0v) is 11.0. The van der Waals surface area contributed by atoms with Gasteiger partial charge < -0.3 is 0 Å². The normalized spacial score (nSPS) is 11.1. The molecule has 0 unspecified atom stereocenters. The molecule has 0 radical (unpaired) electrons. The molecule has 3 rings (SSSR count). The highest BCUT2D eigenvalue weighted by atomic mass is 35.5. The zero-order valence-electron chi connectivity index (χ0n) is 9.45. The molecule has 2 nitrogen and oxygen atoms in total. The number of aromatic nitrogens is 2. The van der Waals surface area contributed by atoms with E-state index in [4.69, 9.17) is 11.6 Å². The van der Waals surface area contributed by atoms with E-state index in [9.17, 15) is 4.39 Å². The molecule has 0 saturated heterocycles. The van der Waals surface area contributed by atoms with Crippen LogP contribution in [0.4, 0.5) is 4.39 Å². The smallest absolute Gasteiger partial charge is 0.150 e. The molecule has 0 fully saturated rings. The molecular formula is C13H8ClFN2S. The zero-order chi connectivity index (χ0) is 12.7. The SMILES string of the molecule is Cc1cc(F)cc(-c2cc3ncnc(Cl)c3s2)c1. The third-order valence-electron chi connectivity index (χ3n) is 2.59. The number of hydrogen-bond donors (Lipinski definition) is 0. The highest BCUT2D eigenvalue weighted by molar-refractivity contribution is 7.22. The van der Waals surface area contributed by atoms with Gasteiger partial charge in [-0.2, -0.15) is 0 Å². The van der Waals surface area contributed by atoms with Gasteiger partial charge in [0.1, 0.15) is 17.3 Å². The minimum atomic E-state index is -0.236. The molecule has 0 bridgehead atoms. The van der Waals surface area contributed by atoms with Gasteiger partial charge in [-0.05, 0) is 36.2 Å². The topological polar surface area (TPSA) is 25.8 Å². The standard InChI is InChI=1S/C13H8ClFN2S/c1-7-2-8(4-9(15)3-7)11-5-10-12(18-11)13(14)17-6-16-10/h2-6H,1H3. The van der Waals surface area contributed by atoms with E-state index < -0.39 is 0 Å². The lowest BCUT2D eigenvalue weighted by Crippen LogP contribution is -1.80. The second-order valence-electron chi connectivity index (χ2n) is 4.01. The summed E-state index contributed by atoms with van der Waals surface area (Å²) in [5, 5.41) is 0.435. The first-order valence-electron chi connectivity index (χ1n) is 5.31. The average molecular weight is 279 g/mol. The molecule has 3 aromatic rings. The summed E-state index contributed by atoms with van der Waals surface area (Å²) in [7, 11) is 0. The first kappa shape index (κ1) is 11.6. The van der Waals surface area contributed by atoms with E-state index in [1.165, 1.54) is 29.8 Å². The molecule has 0 amide bonds. The van der Waals surface area contributed by atoms with Gasteiger partial charge in [0.15, 0.2) is 0 Å². The van der Waals surface area contributed by atoms with Crippen LogP contribution in [0.2, 0.25) is 5.15 Å². The maximum Gasteiger partial charge on any atom is 0.150 e. The third-order valence-corrected chi connectivity index (χ3v) is 4.17.